The fourth-order valence-corrected chi connectivity index (χ4v) is 3.42. The van der Waals surface area contributed by atoms with E-state index < -0.39 is 5.60 Å². The van der Waals surface area contributed by atoms with Crippen LogP contribution in [-0.4, -0.2) is 38.4 Å². The Morgan fingerprint density at radius 3 is 2.52 bits per heavy atom. The first kappa shape index (κ1) is 20.0. The molecule has 0 spiro atoms. The van der Waals surface area contributed by atoms with E-state index in [0.29, 0.717) is 36.3 Å². The lowest BCUT2D eigenvalue weighted by Gasteiger charge is -2.31. The molecule has 0 aliphatic heterocycles. The maximum atomic E-state index is 12.9. The van der Waals surface area contributed by atoms with Crippen LogP contribution in [0.1, 0.15) is 45.4 Å². The molecule has 0 aromatic heterocycles. The van der Waals surface area contributed by atoms with E-state index in [1.165, 1.54) is 0 Å². The van der Waals surface area contributed by atoms with Gasteiger partial charge in [-0.05, 0) is 38.0 Å². The predicted octanol–water partition coefficient (Wildman–Crippen LogP) is 4.43. The lowest BCUT2D eigenvalue weighted by molar-refractivity contribution is -0.143. The van der Waals surface area contributed by atoms with E-state index in [-0.39, 0.29) is 5.91 Å². The molecule has 0 heterocycles. The maximum absolute atomic E-state index is 12.9. The molecule has 2 rings (SSSR count). The molecule has 0 bridgehead atoms. The van der Waals surface area contributed by atoms with Crippen LogP contribution in [0.5, 0.6) is 5.75 Å². The first-order valence-corrected chi connectivity index (χ1v) is 9.36. The molecular formula is C19H28ClNO4. The van der Waals surface area contributed by atoms with Gasteiger partial charge in [0.1, 0.15) is 18.0 Å². The minimum Gasteiger partial charge on any atom is -0.490 e. The highest BCUT2D eigenvalue weighted by atomic mass is 35.5. The molecule has 1 aromatic carbocycles. The zero-order chi connectivity index (χ0) is 18.1. The summed E-state index contributed by atoms with van der Waals surface area (Å²) >= 11 is 6.25. The molecule has 25 heavy (non-hydrogen) atoms. The summed E-state index contributed by atoms with van der Waals surface area (Å²) in [5.41, 5.74) is -0.0804. The largest absolute Gasteiger partial charge is 0.490 e. The van der Waals surface area contributed by atoms with Gasteiger partial charge in [0.05, 0.1) is 11.6 Å². The average molecular weight is 370 g/mol. The van der Waals surface area contributed by atoms with Crippen molar-refractivity contribution in [3.63, 3.8) is 0 Å². The number of methoxy groups -OCH3 is 1. The summed E-state index contributed by atoms with van der Waals surface area (Å²) in [6, 6.07) is 5.26. The predicted molar refractivity (Wildman–Crippen MR) is 99.5 cm³/mol. The first-order chi connectivity index (χ1) is 12.1. The van der Waals surface area contributed by atoms with E-state index in [9.17, 15) is 4.79 Å². The maximum Gasteiger partial charge on any atom is 0.256 e. The van der Waals surface area contributed by atoms with Gasteiger partial charge in [-0.3, -0.25) is 4.79 Å². The monoisotopic (exact) mass is 369 g/mol. The molecule has 140 valence electrons. The molecular weight excluding hydrogens is 342 g/mol. The van der Waals surface area contributed by atoms with E-state index in [1.54, 1.807) is 25.3 Å². The Balaban J connectivity index is 2.06. The van der Waals surface area contributed by atoms with Crippen LogP contribution in [0.15, 0.2) is 18.2 Å². The summed E-state index contributed by atoms with van der Waals surface area (Å²) in [5.74, 6) is 0.492. The van der Waals surface area contributed by atoms with E-state index in [0.717, 1.165) is 38.5 Å². The molecule has 1 fully saturated rings. The van der Waals surface area contributed by atoms with Crippen LogP contribution in [0.3, 0.4) is 0 Å². The van der Waals surface area contributed by atoms with Gasteiger partial charge in [-0.2, -0.15) is 0 Å². The highest BCUT2D eigenvalue weighted by molar-refractivity contribution is 6.32. The zero-order valence-corrected chi connectivity index (χ0v) is 15.9. The number of ether oxygens (including phenoxy) is 3. The molecule has 1 amide bonds. The molecule has 0 unspecified atom stereocenters. The molecule has 1 saturated carbocycles. The lowest BCUT2D eigenvalue weighted by Crippen LogP contribution is -2.45. The lowest BCUT2D eigenvalue weighted by atomic mass is 9.93. The molecule has 0 radical (unpaired) electrons. The van der Waals surface area contributed by atoms with Crippen molar-refractivity contribution in [1.29, 1.82) is 0 Å². The van der Waals surface area contributed by atoms with Crippen LogP contribution in [0.25, 0.3) is 0 Å². The molecule has 1 aliphatic carbocycles. The van der Waals surface area contributed by atoms with Crippen molar-refractivity contribution in [3.8, 4) is 5.75 Å². The topological polar surface area (TPSA) is 56.8 Å². The van der Waals surface area contributed by atoms with Crippen molar-refractivity contribution in [2.24, 2.45) is 0 Å². The second-order valence-electron chi connectivity index (χ2n) is 6.28. The van der Waals surface area contributed by atoms with E-state index in [4.69, 9.17) is 25.8 Å². The highest BCUT2D eigenvalue weighted by Crippen LogP contribution is 2.33. The molecule has 1 aromatic rings. The van der Waals surface area contributed by atoms with Crippen molar-refractivity contribution in [2.45, 2.75) is 51.0 Å². The number of hydrogen-bond donors (Lipinski definition) is 1. The van der Waals surface area contributed by atoms with Gasteiger partial charge in [-0.15, -0.1) is 0 Å². The van der Waals surface area contributed by atoms with Gasteiger partial charge in [0.25, 0.3) is 5.91 Å². The summed E-state index contributed by atoms with van der Waals surface area (Å²) in [5, 5.41) is 3.43. The van der Waals surface area contributed by atoms with Gasteiger partial charge in [-0.1, -0.05) is 37.3 Å². The molecule has 1 N–H and O–H groups in total. The quantitative estimate of drug-likeness (QED) is 0.544. The first-order valence-electron chi connectivity index (χ1n) is 8.98. The smallest absolute Gasteiger partial charge is 0.256 e. The third-order valence-electron chi connectivity index (χ3n) is 4.48. The Morgan fingerprint density at radius 1 is 1.20 bits per heavy atom. The second kappa shape index (κ2) is 10.00. The number of carbonyl (C=O) groups is 1. The van der Waals surface area contributed by atoms with E-state index in [1.807, 2.05) is 6.92 Å². The van der Waals surface area contributed by atoms with Crippen molar-refractivity contribution >= 4 is 23.2 Å². The van der Waals surface area contributed by atoms with Gasteiger partial charge < -0.3 is 19.5 Å². The summed E-state index contributed by atoms with van der Waals surface area (Å²) in [4.78, 5) is 12.9. The van der Waals surface area contributed by atoms with E-state index >= 15 is 0 Å². The Labute approximate surface area is 155 Å². The standard InChI is InChI=1S/C19H28ClNO4/c1-3-25-19(10-6-4-5-7-11-19)18(22)21-15-8-9-17(16(20)14-15)24-13-12-23-2/h8-9,14H,3-7,10-13H2,1-2H3,(H,21,22). The van der Waals surface area contributed by atoms with Gasteiger partial charge >= 0.3 is 0 Å². The third-order valence-corrected chi connectivity index (χ3v) is 4.78. The zero-order valence-electron chi connectivity index (χ0n) is 15.1. The number of carbonyl (C=O) groups excluding carboxylic acids is 1. The normalized spacial score (nSPS) is 16.9. The number of benzene rings is 1. The van der Waals surface area contributed by atoms with Crippen LogP contribution in [0.2, 0.25) is 5.02 Å². The number of hydrogen-bond acceptors (Lipinski definition) is 4. The SMILES string of the molecule is CCOC1(C(=O)Nc2ccc(OCCOC)c(Cl)c2)CCCCCC1. The minimum atomic E-state index is -0.731. The molecule has 0 atom stereocenters. The van der Waals surface area contributed by atoms with Gasteiger partial charge in [-0.25, -0.2) is 0 Å². The number of amides is 1. The van der Waals surface area contributed by atoms with Gasteiger partial charge in [0.2, 0.25) is 0 Å². The van der Waals surface area contributed by atoms with Crippen molar-refractivity contribution in [1.82, 2.24) is 0 Å². The molecule has 6 heteroatoms. The third kappa shape index (κ3) is 5.59. The number of nitrogens with one attached hydrogen (secondary N) is 1. The molecule has 1 aliphatic rings. The second-order valence-corrected chi connectivity index (χ2v) is 6.69. The van der Waals surface area contributed by atoms with Crippen LogP contribution < -0.4 is 10.1 Å². The number of anilines is 1. The summed E-state index contributed by atoms with van der Waals surface area (Å²) in [6.45, 7) is 3.38. The Bertz CT molecular complexity index is 556. The van der Waals surface area contributed by atoms with Gasteiger partial charge in [0.15, 0.2) is 0 Å². The number of rotatable bonds is 8. The van der Waals surface area contributed by atoms with Crippen molar-refractivity contribution < 1.29 is 19.0 Å². The Hall–Kier alpha value is -1.30. The Kier molecular flexibility index (Phi) is 8.00. The van der Waals surface area contributed by atoms with Crippen molar-refractivity contribution in [3.05, 3.63) is 23.2 Å². The number of halogens is 1. The van der Waals surface area contributed by atoms with Crippen molar-refractivity contribution in [2.75, 3.05) is 32.2 Å². The van der Waals surface area contributed by atoms with Crippen LogP contribution in [0.4, 0.5) is 5.69 Å². The minimum absolute atomic E-state index is 0.0830. The highest BCUT2D eigenvalue weighted by Gasteiger charge is 2.39. The summed E-state index contributed by atoms with van der Waals surface area (Å²) in [6.07, 6.45) is 5.86. The summed E-state index contributed by atoms with van der Waals surface area (Å²) < 4.78 is 16.4. The van der Waals surface area contributed by atoms with Gasteiger partial charge in [0, 0.05) is 19.4 Å². The fraction of sp³-hybridized carbons (Fsp3) is 0.632. The Morgan fingerprint density at radius 2 is 1.92 bits per heavy atom. The van der Waals surface area contributed by atoms with Crippen LogP contribution in [0, 0.1) is 0 Å². The fourth-order valence-electron chi connectivity index (χ4n) is 3.19. The molecule has 5 nitrogen and oxygen atoms in total. The summed E-state index contributed by atoms with van der Waals surface area (Å²) in [7, 11) is 1.62. The van der Waals surface area contributed by atoms with E-state index in [2.05, 4.69) is 5.32 Å². The van der Waals surface area contributed by atoms with Crippen LogP contribution >= 0.6 is 11.6 Å². The molecule has 0 saturated heterocycles. The average Bonchev–Trinajstić information content (AvgIpc) is 2.84. The van der Waals surface area contributed by atoms with Crippen LogP contribution in [-0.2, 0) is 14.3 Å².